The molecule has 1 atom stereocenters. The van der Waals surface area contributed by atoms with Crippen molar-refractivity contribution in [3.05, 3.63) is 70.5 Å². The van der Waals surface area contributed by atoms with Gasteiger partial charge >= 0.3 is 12.1 Å². The number of carbonyl (C=O) groups is 2. The number of amides is 1. The van der Waals surface area contributed by atoms with Crippen LogP contribution in [-0.4, -0.2) is 23.2 Å². The third kappa shape index (κ3) is 4.96. The zero-order chi connectivity index (χ0) is 17.5. The molecule has 2 aromatic carbocycles. The van der Waals surface area contributed by atoms with Crippen LogP contribution in [0.15, 0.2) is 48.5 Å². The molecule has 5 nitrogen and oxygen atoms in total. The van der Waals surface area contributed by atoms with Crippen molar-refractivity contribution >= 4 is 23.7 Å². The summed E-state index contributed by atoms with van der Waals surface area (Å²) >= 11 is 5.88. The Bertz CT molecular complexity index is 704. The van der Waals surface area contributed by atoms with Crippen molar-refractivity contribution in [3.8, 4) is 0 Å². The summed E-state index contributed by atoms with van der Waals surface area (Å²) in [6, 6.07) is 11.6. The molecule has 1 amide bonds. The molecule has 126 valence electrons. The summed E-state index contributed by atoms with van der Waals surface area (Å²) in [4.78, 5) is 23.1. The summed E-state index contributed by atoms with van der Waals surface area (Å²) in [5.41, 5.74) is 0.784. The lowest BCUT2D eigenvalue weighted by atomic mass is 10.1. The van der Waals surface area contributed by atoms with Crippen LogP contribution in [-0.2, 0) is 22.6 Å². The van der Waals surface area contributed by atoms with Crippen LogP contribution in [0.2, 0.25) is 5.02 Å². The van der Waals surface area contributed by atoms with Crippen molar-refractivity contribution < 1.29 is 23.8 Å². The average molecular weight is 352 g/mol. The number of nitrogens with one attached hydrogen (secondary N) is 1. The normalized spacial score (nSPS) is 11.6. The Balaban J connectivity index is 1.98. The van der Waals surface area contributed by atoms with Gasteiger partial charge in [-0.15, -0.1) is 0 Å². The fraction of sp³-hybridized carbons (Fsp3) is 0.176. The molecule has 24 heavy (non-hydrogen) atoms. The number of benzene rings is 2. The van der Waals surface area contributed by atoms with Gasteiger partial charge in [0.1, 0.15) is 18.5 Å². The molecule has 7 heteroatoms. The minimum Gasteiger partial charge on any atom is -0.480 e. The van der Waals surface area contributed by atoms with Gasteiger partial charge in [0, 0.05) is 17.0 Å². The van der Waals surface area contributed by atoms with Crippen LogP contribution in [0.25, 0.3) is 0 Å². The van der Waals surface area contributed by atoms with Crippen molar-refractivity contribution in [3.63, 3.8) is 0 Å². The van der Waals surface area contributed by atoms with Gasteiger partial charge in [-0.1, -0.05) is 48.0 Å². The van der Waals surface area contributed by atoms with Crippen LogP contribution >= 0.6 is 11.6 Å². The van der Waals surface area contributed by atoms with Gasteiger partial charge in [0.15, 0.2) is 0 Å². The van der Waals surface area contributed by atoms with E-state index in [0.717, 1.165) is 5.56 Å². The fourth-order valence-electron chi connectivity index (χ4n) is 2.04. The number of alkyl carbamates (subject to hydrolysis) is 1. The predicted octanol–water partition coefficient (Wildman–Crippen LogP) is 3.40. The Kier molecular flexibility index (Phi) is 6.14. The van der Waals surface area contributed by atoms with E-state index in [4.69, 9.17) is 16.3 Å². The molecule has 0 heterocycles. The molecule has 0 saturated heterocycles. The average Bonchev–Trinajstić information content (AvgIpc) is 2.56. The number of halogens is 2. The van der Waals surface area contributed by atoms with Crippen molar-refractivity contribution in [2.45, 2.75) is 19.1 Å². The number of carboxylic acids is 1. The first-order valence-electron chi connectivity index (χ1n) is 7.10. The van der Waals surface area contributed by atoms with Gasteiger partial charge < -0.3 is 15.2 Å². The van der Waals surface area contributed by atoms with E-state index in [1.807, 2.05) is 6.07 Å². The molecule has 0 radical (unpaired) electrons. The largest absolute Gasteiger partial charge is 0.480 e. The summed E-state index contributed by atoms with van der Waals surface area (Å²) in [5, 5.41) is 11.5. The molecule has 0 fully saturated rings. The number of aliphatic carboxylic acids is 1. The zero-order valence-electron chi connectivity index (χ0n) is 12.5. The summed E-state index contributed by atoms with van der Waals surface area (Å²) in [7, 11) is 0. The second-order valence-electron chi connectivity index (χ2n) is 5.00. The zero-order valence-corrected chi connectivity index (χ0v) is 13.3. The summed E-state index contributed by atoms with van der Waals surface area (Å²) in [6.07, 6.45) is -1.19. The van der Waals surface area contributed by atoms with Crippen LogP contribution in [0.1, 0.15) is 11.1 Å². The number of ether oxygens (including phenoxy) is 1. The number of carbonyl (C=O) groups excluding carboxylic acids is 1. The van der Waals surface area contributed by atoms with Gasteiger partial charge in [0.25, 0.3) is 0 Å². The molecule has 0 saturated carbocycles. The molecular weight excluding hydrogens is 337 g/mol. The van der Waals surface area contributed by atoms with Crippen LogP contribution in [0.3, 0.4) is 0 Å². The maximum Gasteiger partial charge on any atom is 0.408 e. The molecule has 0 aliphatic carbocycles. The van der Waals surface area contributed by atoms with Crippen molar-refractivity contribution in [1.82, 2.24) is 5.32 Å². The lowest BCUT2D eigenvalue weighted by Gasteiger charge is -2.16. The van der Waals surface area contributed by atoms with E-state index in [2.05, 4.69) is 5.32 Å². The lowest BCUT2D eigenvalue weighted by Crippen LogP contribution is -2.42. The molecule has 0 bridgehead atoms. The molecule has 2 rings (SSSR count). The molecule has 0 aliphatic heterocycles. The number of carboxylic acid groups (broad SMARTS) is 1. The molecule has 2 N–H and O–H groups in total. The van der Waals surface area contributed by atoms with E-state index < -0.39 is 23.9 Å². The van der Waals surface area contributed by atoms with Gasteiger partial charge in [-0.05, 0) is 17.7 Å². The Morgan fingerprint density at radius 3 is 2.50 bits per heavy atom. The Hall–Kier alpha value is -2.60. The first kappa shape index (κ1) is 17.7. The molecule has 2 aromatic rings. The van der Waals surface area contributed by atoms with E-state index in [0.29, 0.717) is 0 Å². The van der Waals surface area contributed by atoms with E-state index >= 15 is 0 Å². The highest BCUT2D eigenvalue weighted by atomic mass is 35.5. The van der Waals surface area contributed by atoms with Crippen molar-refractivity contribution in [1.29, 1.82) is 0 Å². The third-order valence-corrected chi connectivity index (χ3v) is 3.63. The minimum absolute atomic E-state index is 0.000529. The second-order valence-corrected chi connectivity index (χ2v) is 5.41. The molecular formula is C17H15ClFNO4. The van der Waals surface area contributed by atoms with Crippen LogP contribution in [0, 0.1) is 5.82 Å². The fourth-order valence-corrected chi connectivity index (χ4v) is 2.28. The summed E-state index contributed by atoms with van der Waals surface area (Å²) in [6.45, 7) is -0.000529. The van der Waals surface area contributed by atoms with Crippen LogP contribution in [0.5, 0.6) is 0 Å². The highest BCUT2D eigenvalue weighted by molar-refractivity contribution is 6.31. The van der Waals surface area contributed by atoms with E-state index in [1.165, 1.54) is 18.2 Å². The first-order valence-corrected chi connectivity index (χ1v) is 7.48. The van der Waals surface area contributed by atoms with Crippen molar-refractivity contribution in [2.24, 2.45) is 0 Å². The first-order chi connectivity index (χ1) is 11.5. The predicted molar refractivity (Wildman–Crippen MR) is 86.3 cm³/mol. The topological polar surface area (TPSA) is 75.6 Å². The quantitative estimate of drug-likeness (QED) is 0.836. The highest BCUT2D eigenvalue weighted by Crippen LogP contribution is 2.20. The number of hydrogen-bond acceptors (Lipinski definition) is 3. The standard InChI is InChI=1S/C17H15ClFNO4/c18-13-7-4-8-14(19)12(13)9-15(16(21)22)20-17(23)24-10-11-5-2-1-3-6-11/h1-8,15H,9-10H2,(H,20,23)(H,21,22). The lowest BCUT2D eigenvalue weighted by molar-refractivity contribution is -0.139. The highest BCUT2D eigenvalue weighted by Gasteiger charge is 2.23. The van der Waals surface area contributed by atoms with Gasteiger partial charge in [0.2, 0.25) is 0 Å². The Morgan fingerprint density at radius 2 is 1.88 bits per heavy atom. The van der Waals surface area contributed by atoms with Crippen LogP contribution in [0.4, 0.5) is 9.18 Å². The molecule has 0 spiro atoms. The van der Waals surface area contributed by atoms with E-state index in [9.17, 15) is 19.1 Å². The maximum absolute atomic E-state index is 13.8. The van der Waals surface area contributed by atoms with Crippen LogP contribution < -0.4 is 5.32 Å². The maximum atomic E-state index is 13.8. The number of rotatable bonds is 6. The van der Waals surface area contributed by atoms with Gasteiger partial charge in [-0.25, -0.2) is 14.0 Å². The van der Waals surface area contributed by atoms with Crippen molar-refractivity contribution in [2.75, 3.05) is 0 Å². The summed E-state index contributed by atoms with van der Waals surface area (Å²) in [5.74, 6) is -1.95. The molecule has 0 aliphatic rings. The third-order valence-electron chi connectivity index (χ3n) is 3.27. The summed E-state index contributed by atoms with van der Waals surface area (Å²) < 4.78 is 18.7. The van der Waals surface area contributed by atoms with Gasteiger partial charge in [-0.3, -0.25) is 0 Å². The van der Waals surface area contributed by atoms with Gasteiger partial charge in [0.05, 0.1) is 0 Å². The SMILES string of the molecule is O=C(NC(Cc1c(F)cccc1Cl)C(=O)O)OCc1ccccc1. The Labute approximate surface area is 143 Å². The smallest absolute Gasteiger partial charge is 0.408 e. The van der Waals surface area contributed by atoms with Gasteiger partial charge in [-0.2, -0.15) is 0 Å². The second kappa shape index (κ2) is 8.31. The molecule has 1 unspecified atom stereocenters. The number of hydrogen-bond donors (Lipinski definition) is 2. The molecule has 0 aromatic heterocycles. The van der Waals surface area contributed by atoms with E-state index in [1.54, 1.807) is 24.3 Å². The Morgan fingerprint density at radius 1 is 1.17 bits per heavy atom. The minimum atomic E-state index is -1.36. The monoisotopic (exact) mass is 351 g/mol. The van der Waals surface area contributed by atoms with E-state index in [-0.39, 0.29) is 23.6 Å².